The maximum atomic E-state index is 12.8. The fourth-order valence-corrected chi connectivity index (χ4v) is 0.934. The van der Waals surface area contributed by atoms with Gasteiger partial charge < -0.3 is 0 Å². The molecule has 1 aromatic carbocycles. The van der Waals surface area contributed by atoms with Crippen LogP contribution in [-0.4, -0.2) is 5.37 Å². The summed E-state index contributed by atoms with van der Waals surface area (Å²) in [6.45, 7) is 1.51. The number of halogens is 2. The van der Waals surface area contributed by atoms with E-state index < -0.39 is 11.6 Å². The molecule has 0 bridgehead atoms. The van der Waals surface area contributed by atoms with Crippen LogP contribution < -0.4 is 0 Å². The molecule has 0 heterocycles. The lowest BCUT2D eigenvalue weighted by molar-refractivity contribution is 0.502. The van der Waals surface area contributed by atoms with Crippen molar-refractivity contribution in [2.45, 2.75) is 6.92 Å². The van der Waals surface area contributed by atoms with Gasteiger partial charge in [0.1, 0.15) is 0 Å². The summed E-state index contributed by atoms with van der Waals surface area (Å²) in [6, 6.07) is 2.96. The Hall–Kier alpha value is -0.830. The highest BCUT2D eigenvalue weighted by atomic mass is 32.1. The van der Waals surface area contributed by atoms with Gasteiger partial charge >= 0.3 is 0 Å². The van der Waals surface area contributed by atoms with Crippen molar-refractivity contribution in [3.05, 3.63) is 34.9 Å². The molecule has 0 fully saturated rings. The molecule has 0 aliphatic carbocycles. The van der Waals surface area contributed by atoms with Gasteiger partial charge in [0.15, 0.2) is 11.6 Å². The van der Waals surface area contributed by atoms with Gasteiger partial charge in [0.25, 0.3) is 0 Å². The minimum Gasteiger partial charge on any atom is -0.203 e. The molecule has 0 aliphatic rings. The molecule has 0 spiro atoms. The molecule has 58 valence electrons. The van der Waals surface area contributed by atoms with Crippen LogP contribution in [0.2, 0.25) is 0 Å². The van der Waals surface area contributed by atoms with Gasteiger partial charge in [-0.05, 0) is 12.5 Å². The minimum atomic E-state index is -0.861. The zero-order chi connectivity index (χ0) is 8.43. The van der Waals surface area contributed by atoms with Crippen molar-refractivity contribution < 1.29 is 8.78 Å². The predicted octanol–water partition coefficient (Wildman–Crippen LogP) is 2.62. The van der Waals surface area contributed by atoms with Crippen molar-refractivity contribution in [2.24, 2.45) is 0 Å². The van der Waals surface area contributed by atoms with Crippen molar-refractivity contribution in [2.75, 3.05) is 0 Å². The zero-order valence-corrected chi connectivity index (χ0v) is 6.71. The second-order valence-corrected chi connectivity index (χ2v) is 2.45. The fraction of sp³-hybridized carbons (Fsp3) is 0.125. The van der Waals surface area contributed by atoms with E-state index in [0.29, 0.717) is 5.56 Å². The van der Waals surface area contributed by atoms with Crippen LogP contribution >= 0.6 is 12.2 Å². The molecule has 11 heavy (non-hydrogen) atoms. The Labute approximate surface area is 68.9 Å². The second kappa shape index (κ2) is 3.05. The number of benzene rings is 1. The Morgan fingerprint density at radius 2 is 1.91 bits per heavy atom. The molecule has 3 heteroatoms. The molecule has 0 saturated carbocycles. The van der Waals surface area contributed by atoms with Crippen LogP contribution in [0.25, 0.3) is 0 Å². The van der Waals surface area contributed by atoms with E-state index in [1.54, 1.807) is 0 Å². The monoisotopic (exact) mass is 172 g/mol. The zero-order valence-electron chi connectivity index (χ0n) is 5.90. The third kappa shape index (κ3) is 1.43. The van der Waals surface area contributed by atoms with Gasteiger partial charge in [0, 0.05) is 10.9 Å². The average molecular weight is 172 g/mol. The largest absolute Gasteiger partial charge is 0.203 e. The van der Waals surface area contributed by atoms with Gasteiger partial charge in [0.2, 0.25) is 0 Å². The standard InChI is InChI=1S/C8H6F2S/c1-5-2-3-6(4-11)8(10)7(5)9/h2-4H,1H3. The molecule has 0 radical (unpaired) electrons. The van der Waals surface area contributed by atoms with Crippen molar-refractivity contribution in [1.82, 2.24) is 0 Å². The highest BCUT2D eigenvalue weighted by molar-refractivity contribution is 7.79. The minimum absolute atomic E-state index is 0.128. The first-order valence-corrected chi connectivity index (χ1v) is 3.53. The van der Waals surface area contributed by atoms with E-state index >= 15 is 0 Å². The van der Waals surface area contributed by atoms with Gasteiger partial charge in [-0.15, -0.1) is 0 Å². The molecule has 0 nitrogen and oxygen atoms in total. The molecular weight excluding hydrogens is 166 g/mol. The van der Waals surface area contributed by atoms with Gasteiger partial charge in [-0.3, -0.25) is 0 Å². The Kier molecular flexibility index (Phi) is 2.29. The second-order valence-electron chi connectivity index (χ2n) is 2.22. The van der Waals surface area contributed by atoms with Crippen LogP contribution in [0.15, 0.2) is 12.1 Å². The lowest BCUT2D eigenvalue weighted by Crippen LogP contribution is -1.94. The third-order valence-electron chi connectivity index (χ3n) is 1.43. The van der Waals surface area contributed by atoms with E-state index in [0.717, 1.165) is 5.37 Å². The molecule has 1 aromatic rings. The van der Waals surface area contributed by atoms with Crippen LogP contribution in [0.3, 0.4) is 0 Å². The normalized spacial score (nSPS) is 9.73. The van der Waals surface area contributed by atoms with E-state index in [4.69, 9.17) is 0 Å². The van der Waals surface area contributed by atoms with Crippen LogP contribution in [0.5, 0.6) is 0 Å². The molecule has 1 rings (SSSR count). The Bertz CT molecular complexity index is 294. The van der Waals surface area contributed by atoms with Crippen LogP contribution in [0.4, 0.5) is 8.78 Å². The van der Waals surface area contributed by atoms with Crippen molar-refractivity contribution in [1.29, 1.82) is 0 Å². The smallest absolute Gasteiger partial charge is 0.167 e. The number of rotatable bonds is 1. The van der Waals surface area contributed by atoms with E-state index in [1.165, 1.54) is 19.1 Å². The molecular formula is C8H6F2S. The summed E-state index contributed by atoms with van der Waals surface area (Å²) >= 11 is 4.48. The number of aryl methyl sites for hydroxylation is 1. The summed E-state index contributed by atoms with van der Waals surface area (Å²) < 4.78 is 25.5. The lowest BCUT2D eigenvalue weighted by Gasteiger charge is -1.99. The Balaban J connectivity index is 3.36. The number of hydrogen-bond donors (Lipinski definition) is 0. The first-order chi connectivity index (χ1) is 5.16. The van der Waals surface area contributed by atoms with Crippen LogP contribution in [-0.2, 0) is 0 Å². The summed E-state index contributed by atoms with van der Waals surface area (Å²) in [5, 5.41) is 1.12. The molecule has 0 aromatic heterocycles. The summed E-state index contributed by atoms with van der Waals surface area (Å²) in [5.41, 5.74) is 0.422. The summed E-state index contributed by atoms with van der Waals surface area (Å²) in [4.78, 5) is 0. The Morgan fingerprint density at radius 3 is 2.45 bits per heavy atom. The van der Waals surface area contributed by atoms with E-state index in [9.17, 15) is 8.78 Å². The number of hydrogen-bond acceptors (Lipinski definition) is 1. The highest BCUT2D eigenvalue weighted by Gasteiger charge is 2.07. The van der Waals surface area contributed by atoms with E-state index in [1.807, 2.05) is 0 Å². The first kappa shape index (κ1) is 8.27. The highest BCUT2D eigenvalue weighted by Crippen LogP contribution is 2.13. The molecule has 0 unspecified atom stereocenters. The molecule has 0 N–H and O–H groups in total. The fourth-order valence-electron chi connectivity index (χ4n) is 0.752. The molecule has 0 amide bonds. The van der Waals surface area contributed by atoms with E-state index in [-0.39, 0.29) is 5.56 Å². The van der Waals surface area contributed by atoms with Gasteiger partial charge in [0.05, 0.1) is 0 Å². The van der Waals surface area contributed by atoms with Crippen molar-refractivity contribution in [3.63, 3.8) is 0 Å². The Morgan fingerprint density at radius 1 is 1.27 bits per heavy atom. The summed E-state index contributed by atoms with van der Waals surface area (Å²) in [6.07, 6.45) is 0. The summed E-state index contributed by atoms with van der Waals surface area (Å²) in [7, 11) is 0. The number of thiocarbonyl (C=S) groups is 1. The van der Waals surface area contributed by atoms with Crippen LogP contribution in [0, 0.1) is 18.6 Å². The SMILES string of the molecule is Cc1ccc(C=S)c(F)c1F. The predicted molar refractivity (Wildman–Crippen MR) is 43.9 cm³/mol. The van der Waals surface area contributed by atoms with Crippen LogP contribution in [0.1, 0.15) is 11.1 Å². The maximum absolute atomic E-state index is 12.8. The molecule has 0 aliphatic heterocycles. The molecule has 0 atom stereocenters. The van der Waals surface area contributed by atoms with Gasteiger partial charge in [-0.25, -0.2) is 8.78 Å². The lowest BCUT2D eigenvalue weighted by atomic mass is 10.1. The van der Waals surface area contributed by atoms with Gasteiger partial charge in [-0.1, -0.05) is 24.4 Å². The van der Waals surface area contributed by atoms with Crippen molar-refractivity contribution >= 4 is 17.6 Å². The van der Waals surface area contributed by atoms with Crippen molar-refractivity contribution in [3.8, 4) is 0 Å². The average Bonchev–Trinajstić information content (AvgIpc) is 2.01. The molecule has 0 saturated heterocycles. The summed E-state index contributed by atoms with van der Waals surface area (Å²) in [5.74, 6) is -1.68. The third-order valence-corrected chi connectivity index (χ3v) is 1.69. The maximum Gasteiger partial charge on any atom is 0.167 e. The van der Waals surface area contributed by atoms with Gasteiger partial charge in [-0.2, -0.15) is 0 Å². The quantitative estimate of drug-likeness (QED) is 0.587. The van der Waals surface area contributed by atoms with E-state index in [2.05, 4.69) is 12.2 Å². The topological polar surface area (TPSA) is 0 Å². The first-order valence-electron chi connectivity index (χ1n) is 3.06.